The molecule has 0 heterocycles. The minimum atomic E-state index is -2.02. The molecule has 0 spiro atoms. The van der Waals surface area contributed by atoms with Crippen LogP contribution in [0.2, 0.25) is 5.04 Å². The molecule has 76 valence electrons. The lowest BCUT2D eigenvalue weighted by atomic mass is 10.2. The number of hydrogen-bond donors (Lipinski definition) is 0. The minimum absolute atomic E-state index is 0.0859. The molecule has 0 radical (unpaired) electrons. The SMILES string of the molecule is C=C[Si](C=C)(OCCCl)C(C)(C)C. The van der Waals surface area contributed by atoms with Crippen LogP contribution in [-0.2, 0) is 4.43 Å². The van der Waals surface area contributed by atoms with Crippen molar-refractivity contribution >= 4 is 19.9 Å². The van der Waals surface area contributed by atoms with Crippen LogP contribution < -0.4 is 0 Å². The van der Waals surface area contributed by atoms with Crippen LogP contribution >= 0.6 is 11.6 Å². The summed E-state index contributed by atoms with van der Waals surface area (Å²) in [7, 11) is -2.02. The van der Waals surface area contributed by atoms with Gasteiger partial charge in [-0.3, -0.25) is 0 Å². The van der Waals surface area contributed by atoms with Gasteiger partial charge in [0.1, 0.15) is 0 Å². The summed E-state index contributed by atoms with van der Waals surface area (Å²) in [6.45, 7) is 14.7. The molecule has 1 nitrogen and oxygen atoms in total. The molecule has 13 heavy (non-hydrogen) atoms. The van der Waals surface area contributed by atoms with Crippen molar-refractivity contribution in [1.82, 2.24) is 0 Å². The van der Waals surface area contributed by atoms with E-state index in [1.54, 1.807) is 0 Å². The first-order chi connectivity index (χ1) is 5.93. The number of rotatable bonds is 5. The van der Waals surface area contributed by atoms with Crippen molar-refractivity contribution in [3.8, 4) is 0 Å². The summed E-state index contributed by atoms with van der Waals surface area (Å²) in [6, 6.07) is 0. The summed E-state index contributed by atoms with van der Waals surface area (Å²) in [5, 5.41) is 0.0859. The Labute approximate surface area is 87.6 Å². The second-order valence-electron chi connectivity index (χ2n) is 3.99. The third-order valence-corrected chi connectivity index (χ3v) is 6.59. The van der Waals surface area contributed by atoms with Crippen molar-refractivity contribution in [2.75, 3.05) is 12.5 Å². The molecular formula is C10H19ClOSi. The van der Waals surface area contributed by atoms with Crippen LogP contribution in [0, 0.1) is 0 Å². The number of halogens is 1. The van der Waals surface area contributed by atoms with Gasteiger partial charge in [-0.05, 0) is 5.04 Å². The molecule has 0 bridgehead atoms. The summed E-state index contributed by atoms with van der Waals surface area (Å²) in [5.41, 5.74) is 3.85. The first-order valence-corrected chi connectivity index (χ1v) is 7.00. The van der Waals surface area contributed by atoms with Crippen LogP contribution in [0.3, 0.4) is 0 Å². The van der Waals surface area contributed by atoms with Gasteiger partial charge in [-0.25, -0.2) is 0 Å². The highest BCUT2D eigenvalue weighted by Gasteiger charge is 2.41. The van der Waals surface area contributed by atoms with E-state index in [0.29, 0.717) is 12.5 Å². The molecular weight excluding hydrogens is 200 g/mol. The van der Waals surface area contributed by atoms with E-state index in [9.17, 15) is 0 Å². The Balaban J connectivity index is 4.70. The third kappa shape index (κ3) is 2.97. The lowest BCUT2D eigenvalue weighted by molar-refractivity contribution is 0.319. The minimum Gasteiger partial charge on any atom is -0.407 e. The van der Waals surface area contributed by atoms with Gasteiger partial charge in [-0.15, -0.1) is 24.8 Å². The Kier molecular flexibility index (Phi) is 4.96. The first-order valence-electron chi connectivity index (χ1n) is 4.40. The summed E-state index contributed by atoms with van der Waals surface area (Å²) >= 11 is 5.60. The molecule has 0 fully saturated rings. The van der Waals surface area contributed by atoms with Crippen molar-refractivity contribution in [1.29, 1.82) is 0 Å². The highest BCUT2D eigenvalue weighted by atomic mass is 35.5. The maximum atomic E-state index is 5.81. The van der Waals surface area contributed by atoms with E-state index in [2.05, 4.69) is 33.9 Å². The molecule has 0 amide bonds. The number of alkyl halides is 1. The van der Waals surface area contributed by atoms with E-state index < -0.39 is 8.32 Å². The summed E-state index contributed by atoms with van der Waals surface area (Å²) in [5.74, 6) is 0.520. The Bertz CT molecular complexity index is 176. The molecule has 0 saturated heterocycles. The van der Waals surface area contributed by atoms with E-state index in [1.807, 2.05) is 11.4 Å². The van der Waals surface area contributed by atoms with E-state index in [0.717, 1.165) is 0 Å². The van der Waals surface area contributed by atoms with E-state index in [4.69, 9.17) is 16.0 Å². The molecule has 0 saturated carbocycles. The van der Waals surface area contributed by atoms with Crippen molar-refractivity contribution in [2.24, 2.45) is 0 Å². The standard InChI is InChI=1S/C10H19ClOSi/c1-6-13(7-2,10(3,4)5)12-9-8-11/h6-7H,1-2,8-9H2,3-5H3. The largest absolute Gasteiger partial charge is 0.407 e. The fraction of sp³-hybridized carbons (Fsp3) is 0.600. The average molecular weight is 219 g/mol. The smallest absolute Gasteiger partial charge is 0.245 e. The summed E-state index contributed by atoms with van der Waals surface area (Å²) in [4.78, 5) is 0. The monoisotopic (exact) mass is 218 g/mol. The zero-order valence-electron chi connectivity index (χ0n) is 8.77. The second kappa shape index (κ2) is 4.98. The van der Waals surface area contributed by atoms with E-state index in [-0.39, 0.29) is 5.04 Å². The first kappa shape index (κ1) is 12.9. The van der Waals surface area contributed by atoms with Gasteiger partial charge in [0.25, 0.3) is 0 Å². The van der Waals surface area contributed by atoms with Crippen LogP contribution in [0.25, 0.3) is 0 Å². The van der Waals surface area contributed by atoms with Gasteiger partial charge in [0.15, 0.2) is 0 Å². The zero-order chi connectivity index (χ0) is 10.5. The molecule has 0 aliphatic heterocycles. The topological polar surface area (TPSA) is 9.23 Å². The summed E-state index contributed by atoms with van der Waals surface area (Å²) in [6.07, 6.45) is 0. The van der Waals surface area contributed by atoms with Gasteiger partial charge < -0.3 is 4.43 Å². The highest BCUT2D eigenvalue weighted by Crippen LogP contribution is 2.38. The third-order valence-electron chi connectivity index (χ3n) is 2.20. The van der Waals surface area contributed by atoms with Gasteiger partial charge in [0, 0.05) is 12.5 Å². The van der Waals surface area contributed by atoms with Crippen molar-refractivity contribution in [3.05, 3.63) is 24.6 Å². The zero-order valence-corrected chi connectivity index (χ0v) is 10.5. The lowest BCUT2D eigenvalue weighted by Crippen LogP contribution is -2.44. The summed E-state index contributed by atoms with van der Waals surface area (Å²) < 4.78 is 5.81. The van der Waals surface area contributed by atoms with Crippen LogP contribution in [-0.4, -0.2) is 20.8 Å². The molecule has 0 aromatic heterocycles. The molecule has 0 aliphatic rings. The van der Waals surface area contributed by atoms with Crippen LogP contribution in [0.15, 0.2) is 24.6 Å². The van der Waals surface area contributed by atoms with Gasteiger partial charge >= 0.3 is 0 Å². The fourth-order valence-corrected chi connectivity index (χ4v) is 3.94. The molecule has 0 aliphatic carbocycles. The normalized spacial score (nSPS) is 12.6. The molecule has 0 N–H and O–H groups in total. The van der Waals surface area contributed by atoms with Crippen LogP contribution in [0.1, 0.15) is 20.8 Å². The molecule has 0 aromatic carbocycles. The molecule has 0 rings (SSSR count). The van der Waals surface area contributed by atoms with Crippen molar-refractivity contribution < 1.29 is 4.43 Å². The van der Waals surface area contributed by atoms with Crippen molar-refractivity contribution in [2.45, 2.75) is 25.8 Å². The highest BCUT2D eigenvalue weighted by molar-refractivity contribution is 6.85. The van der Waals surface area contributed by atoms with Gasteiger partial charge in [0.2, 0.25) is 8.32 Å². The second-order valence-corrected chi connectivity index (χ2v) is 8.56. The van der Waals surface area contributed by atoms with Gasteiger partial charge in [0.05, 0.1) is 0 Å². The lowest BCUT2D eigenvalue weighted by Gasteiger charge is -2.36. The van der Waals surface area contributed by atoms with Crippen molar-refractivity contribution in [3.63, 3.8) is 0 Å². The number of hydrogen-bond acceptors (Lipinski definition) is 1. The average Bonchev–Trinajstić information content (AvgIpc) is 2.05. The maximum absolute atomic E-state index is 5.81. The van der Waals surface area contributed by atoms with Crippen LogP contribution in [0.5, 0.6) is 0 Å². The Morgan fingerprint density at radius 3 is 2.00 bits per heavy atom. The van der Waals surface area contributed by atoms with Gasteiger partial charge in [-0.1, -0.05) is 32.2 Å². The molecule has 3 heteroatoms. The quantitative estimate of drug-likeness (QED) is 0.508. The Morgan fingerprint density at radius 2 is 1.77 bits per heavy atom. The molecule has 0 atom stereocenters. The molecule has 0 aromatic rings. The molecule has 0 unspecified atom stereocenters. The Hall–Kier alpha value is -0.0531. The predicted octanol–water partition coefficient (Wildman–Crippen LogP) is 3.44. The fourth-order valence-electron chi connectivity index (χ4n) is 1.24. The maximum Gasteiger partial charge on any atom is 0.245 e. The van der Waals surface area contributed by atoms with Crippen LogP contribution in [0.4, 0.5) is 0 Å². The van der Waals surface area contributed by atoms with E-state index in [1.165, 1.54) is 0 Å². The predicted molar refractivity (Wildman–Crippen MR) is 62.5 cm³/mol. The Morgan fingerprint density at radius 1 is 1.31 bits per heavy atom. The van der Waals surface area contributed by atoms with Gasteiger partial charge in [-0.2, -0.15) is 0 Å². The van der Waals surface area contributed by atoms with E-state index >= 15 is 0 Å².